The second kappa shape index (κ2) is 9.38. The summed E-state index contributed by atoms with van der Waals surface area (Å²) >= 11 is 0. The molecule has 5 nitrogen and oxygen atoms in total. The predicted octanol–water partition coefficient (Wildman–Crippen LogP) is 2.59. The van der Waals surface area contributed by atoms with Crippen molar-refractivity contribution in [1.82, 2.24) is 20.8 Å². The zero-order chi connectivity index (χ0) is 14.2. The molecule has 21 heavy (non-hydrogen) atoms. The predicted molar refractivity (Wildman–Crippen MR) is 96.8 cm³/mol. The first-order valence-electron chi connectivity index (χ1n) is 6.84. The highest BCUT2D eigenvalue weighted by Gasteiger charge is 1.99. The average molecular weight is 399 g/mol. The summed E-state index contributed by atoms with van der Waals surface area (Å²) in [6.07, 6.45) is 1.74. The molecular weight excluding hydrogens is 377 g/mol. The molecular formula is C15H22IN5. The van der Waals surface area contributed by atoms with Gasteiger partial charge in [0, 0.05) is 12.7 Å². The van der Waals surface area contributed by atoms with Gasteiger partial charge in [-0.3, -0.25) is 5.10 Å². The van der Waals surface area contributed by atoms with Crippen LogP contribution in [0.2, 0.25) is 0 Å². The zero-order valence-corrected chi connectivity index (χ0v) is 14.7. The summed E-state index contributed by atoms with van der Waals surface area (Å²) in [5.41, 5.74) is 3.50. The first kappa shape index (κ1) is 17.5. The molecule has 0 aliphatic heterocycles. The van der Waals surface area contributed by atoms with Gasteiger partial charge < -0.3 is 10.6 Å². The van der Waals surface area contributed by atoms with E-state index in [1.165, 1.54) is 11.1 Å². The van der Waals surface area contributed by atoms with Gasteiger partial charge in [-0.15, -0.1) is 24.0 Å². The molecule has 0 saturated carbocycles. The Balaban J connectivity index is 0.00000220. The lowest BCUT2D eigenvalue weighted by Crippen LogP contribution is -2.36. The van der Waals surface area contributed by atoms with Crippen LogP contribution in [-0.4, -0.2) is 22.7 Å². The number of aliphatic imine (C=N–C) groups is 1. The Morgan fingerprint density at radius 1 is 1.19 bits per heavy atom. The third-order valence-electron chi connectivity index (χ3n) is 2.89. The van der Waals surface area contributed by atoms with Crippen LogP contribution in [0, 0.1) is 6.92 Å². The lowest BCUT2D eigenvalue weighted by atomic mass is 10.1. The summed E-state index contributed by atoms with van der Waals surface area (Å²) in [5, 5.41) is 13.3. The molecule has 0 atom stereocenters. The highest BCUT2D eigenvalue weighted by atomic mass is 127. The minimum atomic E-state index is 0. The van der Waals surface area contributed by atoms with E-state index in [1.807, 2.05) is 6.07 Å². The van der Waals surface area contributed by atoms with Crippen molar-refractivity contribution in [2.75, 3.05) is 6.54 Å². The fourth-order valence-electron chi connectivity index (χ4n) is 1.77. The second-order valence-corrected chi connectivity index (χ2v) is 4.62. The summed E-state index contributed by atoms with van der Waals surface area (Å²) in [6.45, 7) is 6.32. The Labute approximate surface area is 142 Å². The number of aromatic amines is 1. The Morgan fingerprint density at radius 3 is 2.57 bits per heavy atom. The van der Waals surface area contributed by atoms with Gasteiger partial charge in [0.1, 0.15) is 0 Å². The van der Waals surface area contributed by atoms with Crippen LogP contribution in [0.1, 0.15) is 23.7 Å². The maximum absolute atomic E-state index is 4.57. The quantitative estimate of drug-likeness (QED) is 0.412. The van der Waals surface area contributed by atoms with Crippen LogP contribution in [0.4, 0.5) is 0 Å². The monoisotopic (exact) mass is 399 g/mol. The number of guanidine groups is 1. The van der Waals surface area contributed by atoms with Gasteiger partial charge in [0.15, 0.2) is 5.96 Å². The highest BCUT2D eigenvalue weighted by Crippen LogP contribution is 2.04. The van der Waals surface area contributed by atoms with Crippen molar-refractivity contribution in [3.05, 3.63) is 53.3 Å². The zero-order valence-electron chi connectivity index (χ0n) is 12.4. The van der Waals surface area contributed by atoms with Gasteiger partial charge in [-0.05, 0) is 25.5 Å². The number of hydrogen-bond acceptors (Lipinski definition) is 2. The van der Waals surface area contributed by atoms with Crippen molar-refractivity contribution in [2.24, 2.45) is 4.99 Å². The van der Waals surface area contributed by atoms with E-state index < -0.39 is 0 Å². The summed E-state index contributed by atoms with van der Waals surface area (Å²) in [4.78, 5) is 4.57. The Hall–Kier alpha value is -1.57. The van der Waals surface area contributed by atoms with E-state index in [-0.39, 0.29) is 24.0 Å². The molecule has 0 unspecified atom stereocenters. The number of aromatic nitrogens is 2. The SMILES string of the molecule is CCNC(=NCc1ccc(C)cc1)NCc1ccn[nH]1.I. The van der Waals surface area contributed by atoms with Crippen molar-refractivity contribution in [1.29, 1.82) is 0 Å². The number of halogens is 1. The van der Waals surface area contributed by atoms with Gasteiger partial charge >= 0.3 is 0 Å². The fourth-order valence-corrected chi connectivity index (χ4v) is 1.77. The van der Waals surface area contributed by atoms with Gasteiger partial charge in [0.25, 0.3) is 0 Å². The number of nitrogens with zero attached hydrogens (tertiary/aromatic N) is 2. The van der Waals surface area contributed by atoms with Crippen molar-refractivity contribution in [3.8, 4) is 0 Å². The molecule has 0 saturated heterocycles. The van der Waals surface area contributed by atoms with Gasteiger partial charge in [0.2, 0.25) is 0 Å². The average Bonchev–Trinajstić information content (AvgIpc) is 2.97. The van der Waals surface area contributed by atoms with E-state index in [0.717, 1.165) is 18.2 Å². The lowest BCUT2D eigenvalue weighted by Gasteiger charge is -2.10. The number of aryl methyl sites for hydroxylation is 1. The maximum Gasteiger partial charge on any atom is 0.191 e. The molecule has 6 heteroatoms. The van der Waals surface area contributed by atoms with Crippen molar-refractivity contribution < 1.29 is 0 Å². The van der Waals surface area contributed by atoms with Gasteiger partial charge in [0.05, 0.1) is 18.8 Å². The molecule has 0 fully saturated rings. The topological polar surface area (TPSA) is 65.1 Å². The summed E-state index contributed by atoms with van der Waals surface area (Å²) < 4.78 is 0. The van der Waals surface area contributed by atoms with Crippen LogP contribution < -0.4 is 10.6 Å². The van der Waals surface area contributed by atoms with Gasteiger partial charge in [-0.1, -0.05) is 29.8 Å². The van der Waals surface area contributed by atoms with Crippen LogP contribution in [0.5, 0.6) is 0 Å². The molecule has 0 amide bonds. The van der Waals surface area contributed by atoms with E-state index in [9.17, 15) is 0 Å². The molecule has 3 N–H and O–H groups in total. The number of hydrogen-bond donors (Lipinski definition) is 3. The minimum absolute atomic E-state index is 0. The molecule has 0 aliphatic carbocycles. The standard InChI is InChI=1S/C15H21N5.HI/c1-3-16-15(18-11-14-8-9-19-20-14)17-10-13-6-4-12(2)5-7-13;/h4-9H,3,10-11H2,1-2H3,(H,19,20)(H2,16,17,18);1H. The number of benzene rings is 1. The molecule has 0 spiro atoms. The van der Waals surface area contributed by atoms with E-state index in [0.29, 0.717) is 13.1 Å². The second-order valence-electron chi connectivity index (χ2n) is 4.62. The van der Waals surface area contributed by atoms with Crippen LogP contribution >= 0.6 is 24.0 Å². The Morgan fingerprint density at radius 2 is 1.95 bits per heavy atom. The molecule has 1 aromatic carbocycles. The highest BCUT2D eigenvalue weighted by molar-refractivity contribution is 14.0. The van der Waals surface area contributed by atoms with Crippen molar-refractivity contribution in [2.45, 2.75) is 26.9 Å². The smallest absolute Gasteiger partial charge is 0.191 e. The van der Waals surface area contributed by atoms with Crippen molar-refractivity contribution >= 4 is 29.9 Å². The summed E-state index contributed by atoms with van der Waals surface area (Å²) in [5.74, 6) is 0.808. The lowest BCUT2D eigenvalue weighted by molar-refractivity contribution is 0.794. The molecule has 2 rings (SSSR count). The van der Waals surface area contributed by atoms with Gasteiger partial charge in [-0.25, -0.2) is 4.99 Å². The fraction of sp³-hybridized carbons (Fsp3) is 0.333. The minimum Gasteiger partial charge on any atom is -0.357 e. The van der Waals surface area contributed by atoms with Crippen LogP contribution in [-0.2, 0) is 13.1 Å². The molecule has 0 bridgehead atoms. The number of nitrogens with one attached hydrogen (secondary N) is 3. The van der Waals surface area contributed by atoms with Crippen LogP contribution in [0.25, 0.3) is 0 Å². The Kier molecular flexibility index (Phi) is 7.81. The van der Waals surface area contributed by atoms with E-state index >= 15 is 0 Å². The number of rotatable bonds is 5. The van der Waals surface area contributed by atoms with Crippen LogP contribution in [0.3, 0.4) is 0 Å². The first-order chi connectivity index (χ1) is 9.78. The number of H-pyrrole nitrogens is 1. The normalized spacial score (nSPS) is 10.9. The molecule has 114 valence electrons. The van der Waals surface area contributed by atoms with Gasteiger partial charge in [-0.2, -0.15) is 5.10 Å². The molecule has 1 heterocycles. The van der Waals surface area contributed by atoms with Crippen LogP contribution in [0.15, 0.2) is 41.5 Å². The molecule has 0 radical (unpaired) electrons. The first-order valence-corrected chi connectivity index (χ1v) is 6.84. The van der Waals surface area contributed by atoms with E-state index in [2.05, 4.69) is 63.9 Å². The Bertz CT molecular complexity index is 534. The largest absolute Gasteiger partial charge is 0.357 e. The van der Waals surface area contributed by atoms with E-state index in [1.54, 1.807) is 6.20 Å². The molecule has 1 aromatic heterocycles. The molecule has 0 aliphatic rings. The third-order valence-corrected chi connectivity index (χ3v) is 2.89. The van der Waals surface area contributed by atoms with Crippen molar-refractivity contribution in [3.63, 3.8) is 0 Å². The summed E-state index contributed by atoms with van der Waals surface area (Å²) in [7, 11) is 0. The molecule has 2 aromatic rings. The maximum atomic E-state index is 4.57. The summed E-state index contributed by atoms with van der Waals surface area (Å²) in [6, 6.07) is 10.4. The third kappa shape index (κ3) is 6.16. The van der Waals surface area contributed by atoms with E-state index in [4.69, 9.17) is 0 Å².